The molecular formula is C18H21N5O5S2. The third-order valence-corrected chi connectivity index (χ3v) is 8.17. The van der Waals surface area contributed by atoms with Crippen LogP contribution < -0.4 is 4.72 Å². The first-order chi connectivity index (χ1) is 14.2. The minimum absolute atomic E-state index is 0.0393. The molecule has 1 N–H and O–H groups in total. The maximum atomic E-state index is 12.8. The summed E-state index contributed by atoms with van der Waals surface area (Å²) in [5, 5.41) is 5.01. The Morgan fingerprint density at radius 2 is 1.67 bits per heavy atom. The summed E-state index contributed by atoms with van der Waals surface area (Å²) in [6.07, 6.45) is 1.41. The summed E-state index contributed by atoms with van der Waals surface area (Å²) >= 11 is 0. The normalized spacial score (nSPS) is 16.1. The number of morpholine rings is 1. The second kappa shape index (κ2) is 7.61. The van der Waals surface area contributed by atoms with Crippen LogP contribution in [0.3, 0.4) is 0 Å². The van der Waals surface area contributed by atoms with E-state index in [0.717, 1.165) is 11.1 Å². The van der Waals surface area contributed by atoms with Gasteiger partial charge in [-0.15, -0.1) is 0 Å². The summed E-state index contributed by atoms with van der Waals surface area (Å²) in [4.78, 5) is 4.25. The number of nitrogens with one attached hydrogen (secondary N) is 1. The largest absolute Gasteiger partial charge is 0.379 e. The van der Waals surface area contributed by atoms with Gasteiger partial charge in [0.1, 0.15) is 0 Å². The van der Waals surface area contributed by atoms with E-state index in [1.807, 2.05) is 6.92 Å². The third kappa shape index (κ3) is 3.78. The van der Waals surface area contributed by atoms with Crippen molar-refractivity contribution in [3.05, 3.63) is 42.2 Å². The van der Waals surface area contributed by atoms with Crippen LogP contribution in [0.5, 0.6) is 0 Å². The van der Waals surface area contributed by atoms with Gasteiger partial charge in [0.2, 0.25) is 10.0 Å². The van der Waals surface area contributed by atoms with Gasteiger partial charge >= 0.3 is 0 Å². The van der Waals surface area contributed by atoms with E-state index in [1.54, 1.807) is 17.8 Å². The number of nitrogens with zero attached hydrogens (tertiary/aromatic N) is 4. The predicted molar refractivity (Wildman–Crippen MR) is 110 cm³/mol. The fraction of sp³-hybridized carbons (Fsp3) is 0.333. The summed E-state index contributed by atoms with van der Waals surface area (Å²) in [7, 11) is -5.85. The van der Waals surface area contributed by atoms with Crippen LogP contribution in [0.1, 0.15) is 5.69 Å². The number of pyridine rings is 1. The Morgan fingerprint density at radius 1 is 1.03 bits per heavy atom. The maximum absolute atomic E-state index is 12.8. The van der Waals surface area contributed by atoms with Crippen LogP contribution in [-0.2, 0) is 31.8 Å². The van der Waals surface area contributed by atoms with Crippen LogP contribution in [0.4, 0.5) is 5.69 Å². The van der Waals surface area contributed by atoms with Crippen LogP contribution in [0.2, 0.25) is 0 Å². The number of ether oxygens (including phenoxy) is 1. The standard InChI is InChI=1S/C18H21N5O5S2/c1-13-17-11-14(12-19-18(17)22(2)20-13)21-29(24,25)15-3-5-16(6-4-15)30(26,27)23-7-9-28-10-8-23/h3-6,11-12,21H,7-10H2,1-2H3. The highest BCUT2D eigenvalue weighted by Crippen LogP contribution is 2.23. The molecule has 2 aromatic heterocycles. The molecule has 10 nitrogen and oxygen atoms in total. The lowest BCUT2D eigenvalue weighted by molar-refractivity contribution is 0.0730. The molecule has 0 radical (unpaired) electrons. The lowest BCUT2D eigenvalue weighted by Crippen LogP contribution is -2.40. The zero-order chi connectivity index (χ0) is 21.5. The number of benzene rings is 1. The van der Waals surface area contributed by atoms with Crippen LogP contribution in [0.25, 0.3) is 11.0 Å². The van der Waals surface area contributed by atoms with Gasteiger partial charge < -0.3 is 4.74 Å². The highest BCUT2D eigenvalue weighted by atomic mass is 32.2. The van der Waals surface area contributed by atoms with Crippen molar-refractivity contribution in [1.82, 2.24) is 19.1 Å². The highest BCUT2D eigenvalue weighted by molar-refractivity contribution is 7.92. The van der Waals surface area contributed by atoms with Crippen molar-refractivity contribution in [2.24, 2.45) is 7.05 Å². The minimum atomic E-state index is -3.92. The molecule has 160 valence electrons. The van der Waals surface area contributed by atoms with Crippen molar-refractivity contribution in [1.29, 1.82) is 0 Å². The molecule has 0 unspecified atom stereocenters. The second-order valence-corrected chi connectivity index (χ2v) is 10.5. The van der Waals surface area contributed by atoms with E-state index >= 15 is 0 Å². The van der Waals surface area contributed by atoms with Crippen molar-refractivity contribution in [2.75, 3.05) is 31.0 Å². The molecular weight excluding hydrogens is 430 g/mol. The fourth-order valence-electron chi connectivity index (χ4n) is 3.30. The lowest BCUT2D eigenvalue weighted by Gasteiger charge is -2.26. The summed E-state index contributed by atoms with van der Waals surface area (Å²) in [6.45, 7) is 3.03. The molecule has 0 saturated carbocycles. The SMILES string of the molecule is Cc1nn(C)c2ncc(NS(=O)(=O)c3ccc(S(=O)(=O)N4CCOCC4)cc3)cc12. The van der Waals surface area contributed by atoms with Gasteiger partial charge in [0.05, 0.1) is 40.6 Å². The van der Waals surface area contributed by atoms with E-state index in [4.69, 9.17) is 4.74 Å². The van der Waals surface area contributed by atoms with E-state index in [0.29, 0.717) is 24.5 Å². The number of sulfonamides is 2. The Hall–Kier alpha value is -2.54. The summed E-state index contributed by atoms with van der Waals surface area (Å²) in [6, 6.07) is 6.81. The van der Waals surface area contributed by atoms with E-state index in [1.165, 1.54) is 34.8 Å². The first-order valence-corrected chi connectivity index (χ1v) is 12.1. The van der Waals surface area contributed by atoms with Crippen molar-refractivity contribution >= 4 is 36.8 Å². The molecule has 0 amide bonds. The topological polar surface area (TPSA) is 123 Å². The molecule has 1 fully saturated rings. The maximum Gasteiger partial charge on any atom is 0.261 e. The zero-order valence-corrected chi connectivity index (χ0v) is 18.1. The first-order valence-electron chi connectivity index (χ1n) is 9.19. The molecule has 3 heterocycles. The van der Waals surface area contributed by atoms with E-state index < -0.39 is 20.0 Å². The van der Waals surface area contributed by atoms with Crippen LogP contribution in [0, 0.1) is 6.92 Å². The van der Waals surface area contributed by atoms with Crippen molar-refractivity contribution in [3.8, 4) is 0 Å². The molecule has 0 bridgehead atoms. The van der Waals surface area contributed by atoms with Gasteiger partial charge in [0, 0.05) is 25.5 Å². The average Bonchev–Trinajstić information content (AvgIpc) is 3.01. The van der Waals surface area contributed by atoms with E-state index in [-0.39, 0.29) is 22.9 Å². The molecule has 0 spiro atoms. The van der Waals surface area contributed by atoms with Crippen LogP contribution in [-0.4, -0.2) is 62.2 Å². The quantitative estimate of drug-likeness (QED) is 0.616. The monoisotopic (exact) mass is 451 g/mol. The number of aryl methyl sites for hydroxylation is 2. The summed E-state index contributed by atoms with van der Waals surface area (Å²) in [5.41, 5.74) is 1.68. The van der Waals surface area contributed by atoms with Gasteiger partial charge in [-0.1, -0.05) is 0 Å². The Bertz CT molecular complexity index is 1290. The first kappa shape index (κ1) is 20.7. The number of aromatic nitrogens is 3. The Morgan fingerprint density at radius 3 is 2.33 bits per heavy atom. The molecule has 1 aliphatic rings. The molecule has 0 atom stereocenters. The van der Waals surface area contributed by atoms with Crippen LogP contribution >= 0.6 is 0 Å². The molecule has 3 aromatic rings. The molecule has 30 heavy (non-hydrogen) atoms. The predicted octanol–water partition coefficient (Wildman–Crippen LogP) is 1.10. The third-order valence-electron chi connectivity index (χ3n) is 4.86. The number of anilines is 1. The van der Waals surface area contributed by atoms with Gasteiger partial charge in [-0.05, 0) is 37.3 Å². The number of fused-ring (bicyclic) bond motifs is 1. The Labute approximate surface area is 174 Å². The fourth-order valence-corrected chi connectivity index (χ4v) is 5.75. The second-order valence-electron chi connectivity index (χ2n) is 6.90. The van der Waals surface area contributed by atoms with Crippen molar-refractivity contribution in [3.63, 3.8) is 0 Å². The molecule has 4 rings (SSSR count). The van der Waals surface area contributed by atoms with Gasteiger partial charge in [-0.2, -0.15) is 9.40 Å². The summed E-state index contributed by atoms with van der Waals surface area (Å²) < 4.78 is 61.5. The average molecular weight is 452 g/mol. The van der Waals surface area contributed by atoms with Gasteiger partial charge in [-0.25, -0.2) is 21.8 Å². The Balaban J connectivity index is 1.58. The van der Waals surface area contributed by atoms with Gasteiger partial charge in [0.25, 0.3) is 10.0 Å². The lowest BCUT2D eigenvalue weighted by atomic mass is 10.3. The van der Waals surface area contributed by atoms with Crippen molar-refractivity contribution in [2.45, 2.75) is 16.7 Å². The number of rotatable bonds is 5. The highest BCUT2D eigenvalue weighted by Gasteiger charge is 2.27. The van der Waals surface area contributed by atoms with E-state index in [2.05, 4.69) is 14.8 Å². The number of hydrogen-bond acceptors (Lipinski definition) is 7. The molecule has 1 aliphatic heterocycles. The minimum Gasteiger partial charge on any atom is -0.379 e. The Kier molecular flexibility index (Phi) is 5.26. The van der Waals surface area contributed by atoms with Crippen LogP contribution in [0.15, 0.2) is 46.3 Å². The van der Waals surface area contributed by atoms with Gasteiger partial charge in [-0.3, -0.25) is 9.40 Å². The molecule has 1 aromatic carbocycles. The molecule has 12 heteroatoms. The molecule has 0 aliphatic carbocycles. The smallest absolute Gasteiger partial charge is 0.261 e. The zero-order valence-electron chi connectivity index (χ0n) is 16.4. The van der Waals surface area contributed by atoms with Gasteiger partial charge in [0.15, 0.2) is 5.65 Å². The number of hydrogen-bond donors (Lipinski definition) is 1. The van der Waals surface area contributed by atoms with Crippen molar-refractivity contribution < 1.29 is 21.6 Å². The van der Waals surface area contributed by atoms with E-state index in [9.17, 15) is 16.8 Å². The summed E-state index contributed by atoms with van der Waals surface area (Å²) in [5.74, 6) is 0. The molecule has 1 saturated heterocycles.